The topological polar surface area (TPSA) is 71.4 Å². The number of anilines is 1. The predicted octanol–water partition coefficient (Wildman–Crippen LogP) is 5.44. The Labute approximate surface area is 224 Å². The van der Waals surface area contributed by atoms with Crippen molar-refractivity contribution >= 4 is 93.0 Å². The Kier molecular flexibility index (Phi) is 5.39. The molecule has 178 valence electrons. The van der Waals surface area contributed by atoms with Crippen LogP contribution in [-0.2, 0) is 9.59 Å². The second-order valence-corrected chi connectivity index (χ2v) is 11.8. The van der Waals surface area contributed by atoms with Crippen LogP contribution in [-0.4, -0.2) is 36.5 Å². The fourth-order valence-corrected chi connectivity index (χ4v) is 7.98. The molecule has 1 N–H and O–H groups in total. The van der Waals surface area contributed by atoms with Gasteiger partial charge in [-0.3, -0.25) is 24.5 Å². The average molecular weight is 582 g/mol. The molecule has 2 heterocycles. The summed E-state index contributed by atoms with van der Waals surface area (Å²) in [4.78, 5) is 37.1. The third-order valence-corrected chi connectivity index (χ3v) is 11.0. The Balaban J connectivity index is 1.52. The van der Waals surface area contributed by atoms with E-state index < -0.39 is 43.6 Å². The highest BCUT2D eigenvalue weighted by Crippen LogP contribution is 2.77. The molecule has 1 saturated carbocycles. The molecule has 2 aliphatic carbocycles. The molecule has 4 atom stereocenters. The highest BCUT2D eigenvalue weighted by Gasteiger charge is 2.87. The molecule has 0 unspecified atom stereocenters. The maximum absolute atomic E-state index is 13.5. The number of nitrogens with one attached hydrogen (secondary N) is 1. The smallest absolute Gasteiger partial charge is 0.270 e. The minimum atomic E-state index is -2.00. The maximum atomic E-state index is 13.5. The van der Waals surface area contributed by atoms with E-state index in [1.54, 1.807) is 16.8 Å². The average Bonchev–Trinajstić information content (AvgIpc) is 3.33. The van der Waals surface area contributed by atoms with Crippen LogP contribution in [0.25, 0.3) is 0 Å². The second-order valence-electron chi connectivity index (χ2n) is 8.54. The van der Waals surface area contributed by atoms with E-state index in [0.717, 1.165) is 16.3 Å². The Hall–Kier alpha value is -1.41. The van der Waals surface area contributed by atoms with Gasteiger partial charge in [-0.2, -0.15) is 0 Å². The number of aryl methyl sites for hydroxylation is 2. The molecule has 0 spiro atoms. The van der Waals surface area contributed by atoms with Crippen LogP contribution in [0.1, 0.15) is 21.7 Å². The van der Waals surface area contributed by atoms with Crippen LogP contribution < -0.4 is 10.3 Å². The highest BCUT2D eigenvalue weighted by molar-refractivity contribution is 6.67. The molecule has 1 aromatic carbocycles. The van der Waals surface area contributed by atoms with Gasteiger partial charge in [0.15, 0.2) is 4.33 Å². The van der Waals surface area contributed by atoms with Crippen LogP contribution in [0, 0.1) is 25.7 Å². The number of amides is 3. The molecule has 2 bridgehead atoms. The van der Waals surface area contributed by atoms with Crippen molar-refractivity contribution in [1.82, 2.24) is 4.68 Å². The summed E-state index contributed by atoms with van der Waals surface area (Å²) in [6, 6.07) is 9.80. The monoisotopic (exact) mass is 579 g/mol. The number of nitrogens with zero attached hydrogens (tertiary/aromatic N) is 2. The molecule has 0 radical (unpaired) electrons. The zero-order chi connectivity index (χ0) is 25.0. The van der Waals surface area contributed by atoms with Crippen LogP contribution in [0.4, 0.5) is 5.69 Å². The quantitative estimate of drug-likeness (QED) is 0.388. The lowest BCUT2D eigenvalue weighted by Gasteiger charge is -2.34. The van der Waals surface area contributed by atoms with Crippen molar-refractivity contribution in [1.29, 1.82) is 0 Å². The van der Waals surface area contributed by atoms with Gasteiger partial charge in [-0.1, -0.05) is 52.5 Å². The first-order valence-corrected chi connectivity index (χ1v) is 12.3. The number of carbonyl (C=O) groups excluding carboxylic acids is 3. The minimum absolute atomic E-state index is 0.161. The van der Waals surface area contributed by atoms with Crippen LogP contribution in [0.15, 0.2) is 46.5 Å². The normalized spacial score (nSPS) is 31.5. The standard InChI is InChI=1S/C22H15Cl6N3O3/c1-9-6-7-10(2)31(9)29-17(32)11-4-3-5-12(8-11)30-18(33)13-14(19(30)34)21(26)16(24)15(23)20(13,25)22(21,27)28/h3-8,13-14H,1-2H3,(H,29,32)/t13-,14+,20-,21-/m1/s1. The SMILES string of the molecule is Cc1ccc(C)n1NC(=O)c1cccc(N2C(=O)[C@@H]3[C@H](C2=O)[C@@]2(Cl)C(Cl)=C(Cl)[C@@]3(Cl)C2(Cl)Cl)c1. The van der Waals surface area contributed by atoms with E-state index in [0.29, 0.717) is 0 Å². The van der Waals surface area contributed by atoms with Gasteiger partial charge in [-0.15, -0.1) is 23.2 Å². The third-order valence-electron chi connectivity index (χ3n) is 6.76. The number of imide groups is 1. The summed E-state index contributed by atoms with van der Waals surface area (Å²) in [5, 5.41) is -0.323. The Morgan fingerprint density at radius 3 is 1.88 bits per heavy atom. The molecule has 12 heteroatoms. The zero-order valence-corrected chi connectivity index (χ0v) is 22.0. The van der Waals surface area contributed by atoms with Gasteiger partial charge in [0, 0.05) is 17.0 Å². The van der Waals surface area contributed by atoms with Gasteiger partial charge in [0.1, 0.15) is 9.75 Å². The Morgan fingerprint density at radius 2 is 1.38 bits per heavy atom. The van der Waals surface area contributed by atoms with Crippen LogP contribution in [0.3, 0.4) is 0 Å². The third kappa shape index (κ3) is 2.70. The van der Waals surface area contributed by atoms with E-state index in [2.05, 4.69) is 5.43 Å². The summed E-state index contributed by atoms with van der Waals surface area (Å²) in [7, 11) is 0. The summed E-state index contributed by atoms with van der Waals surface area (Å²) in [6.07, 6.45) is 0. The van der Waals surface area contributed by atoms with E-state index in [1.165, 1.54) is 12.1 Å². The molecular formula is C22H15Cl6N3O3. The summed E-state index contributed by atoms with van der Waals surface area (Å²) < 4.78 is -0.369. The van der Waals surface area contributed by atoms with Crippen molar-refractivity contribution in [2.75, 3.05) is 10.3 Å². The lowest BCUT2D eigenvalue weighted by Crippen LogP contribution is -2.50. The van der Waals surface area contributed by atoms with Crippen molar-refractivity contribution in [3.05, 3.63) is 63.4 Å². The molecule has 1 saturated heterocycles. The van der Waals surface area contributed by atoms with Crippen molar-refractivity contribution in [2.24, 2.45) is 11.8 Å². The molecule has 1 aliphatic heterocycles. The van der Waals surface area contributed by atoms with E-state index >= 15 is 0 Å². The summed E-state index contributed by atoms with van der Waals surface area (Å²) in [5.74, 6) is -4.29. The van der Waals surface area contributed by atoms with E-state index in [-0.39, 0.29) is 21.3 Å². The van der Waals surface area contributed by atoms with E-state index in [9.17, 15) is 14.4 Å². The second kappa shape index (κ2) is 7.55. The van der Waals surface area contributed by atoms with Crippen LogP contribution in [0.5, 0.6) is 0 Å². The maximum Gasteiger partial charge on any atom is 0.270 e. The minimum Gasteiger partial charge on any atom is -0.274 e. The number of halogens is 6. The van der Waals surface area contributed by atoms with Gasteiger partial charge in [-0.25, -0.2) is 4.90 Å². The number of rotatable bonds is 3. The van der Waals surface area contributed by atoms with E-state index in [4.69, 9.17) is 69.6 Å². The molecule has 2 aromatic rings. The molecule has 2 fully saturated rings. The molecule has 5 rings (SSSR count). The van der Waals surface area contributed by atoms with Crippen molar-refractivity contribution in [3.63, 3.8) is 0 Å². The van der Waals surface area contributed by atoms with Crippen LogP contribution in [0.2, 0.25) is 0 Å². The van der Waals surface area contributed by atoms with Gasteiger partial charge in [0.05, 0.1) is 27.6 Å². The number of fused-ring (bicyclic) bond motifs is 5. The number of hydrogen-bond donors (Lipinski definition) is 1. The Morgan fingerprint density at radius 1 is 0.882 bits per heavy atom. The number of allylic oxidation sites excluding steroid dienone is 2. The number of hydrogen-bond acceptors (Lipinski definition) is 3. The molecule has 6 nitrogen and oxygen atoms in total. The number of carbonyl (C=O) groups is 3. The fraction of sp³-hybridized carbons (Fsp3) is 0.318. The molecular weight excluding hydrogens is 567 g/mol. The lowest BCUT2D eigenvalue weighted by molar-refractivity contribution is -0.123. The highest BCUT2D eigenvalue weighted by atomic mass is 35.5. The largest absolute Gasteiger partial charge is 0.274 e. The fourth-order valence-electron chi connectivity index (χ4n) is 5.05. The molecule has 3 amide bonds. The van der Waals surface area contributed by atoms with Crippen molar-refractivity contribution in [2.45, 2.75) is 27.9 Å². The molecule has 3 aliphatic rings. The summed E-state index contributed by atoms with van der Waals surface area (Å²) in [5.41, 5.74) is 4.85. The molecule has 1 aromatic heterocycles. The molecule has 34 heavy (non-hydrogen) atoms. The van der Waals surface area contributed by atoms with Gasteiger partial charge in [0.2, 0.25) is 11.8 Å². The predicted molar refractivity (Wildman–Crippen MR) is 134 cm³/mol. The zero-order valence-electron chi connectivity index (χ0n) is 17.5. The Bertz CT molecular complexity index is 1270. The first kappa shape index (κ1) is 24.3. The summed E-state index contributed by atoms with van der Waals surface area (Å²) >= 11 is 39.1. The van der Waals surface area contributed by atoms with E-state index in [1.807, 2.05) is 26.0 Å². The van der Waals surface area contributed by atoms with Gasteiger partial charge >= 0.3 is 0 Å². The lowest BCUT2D eigenvalue weighted by atomic mass is 9.84. The first-order valence-electron chi connectivity index (χ1n) is 10.1. The number of benzene rings is 1. The van der Waals surface area contributed by atoms with Gasteiger partial charge in [0.25, 0.3) is 5.91 Å². The summed E-state index contributed by atoms with van der Waals surface area (Å²) in [6.45, 7) is 3.70. The first-order chi connectivity index (χ1) is 15.8. The van der Waals surface area contributed by atoms with Crippen molar-refractivity contribution in [3.8, 4) is 0 Å². The van der Waals surface area contributed by atoms with Gasteiger partial charge in [-0.05, 0) is 44.2 Å². The number of aromatic nitrogens is 1. The van der Waals surface area contributed by atoms with Gasteiger partial charge < -0.3 is 0 Å². The number of alkyl halides is 4. The van der Waals surface area contributed by atoms with Crippen molar-refractivity contribution < 1.29 is 14.4 Å². The van der Waals surface area contributed by atoms with Crippen LogP contribution >= 0.6 is 69.6 Å².